The van der Waals surface area contributed by atoms with Gasteiger partial charge in [0, 0.05) is 12.8 Å². The summed E-state index contributed by atoms with van der Waals surface area (Å²) in [7, 11) is 1.21. The number of hydrogen-bond acceptors (Lipinski definition) is 7. The van der Waals surface area contributed by atoms with E-state index in [4.69, 9.17) is 13.8 Å². The van der Waals surface area contributed by atoms with Crippen LogP contribution in [0.1, 0.15) is 335 Å². The monoisotopic (exact) mass is 1070 g/mol. The molecule has 0 bridgehead atoms. The maximum absolute atomic E-state index is 13.5. The summed E-state index contributed by atoms with van der Waals surface area (Å²) in [5.41, 5.74) is 0. The summed E-state index contributed by atoms with van der Waals surface area (Å²) in [6.07, 6.45) is 63.2. The number of rotatable bonds is 60. The molecule has 0 aromatic carbocycles. The largest absolute Gasteiger partial charge is 0.756 e. The second-order valence-corrected chi connectivity index (χ2v) is 25.0. The summed E-state index contributed by atoms with van der Waals surface area (Å²) in [5.74, 6) is -0.517. The van der Waals surface area contributed by atoms with E-state index in [1.165, 1.54) is 244 Å². The summed E-state index contributed by atoms with van der Waals surface area (Å²) < 4.78 is 30.4. The first-order chi connectivity index (χ1) is 35.9. The number of unbranched alkanes of at least 4 members (excludes halogenated alkanes) is 44. The number of phosphoric ester groups is 1. The van der Waals surface area contributed by atoms with Gasteiger partial charge in [0.2, 0.25) is 5.91 Å². The Morgan fingerprint density at radius 3 is 1.11 bits per heavy atom. The molecule has 1 amide bonds. The van der Waals surface area contributed by atoms with E-state index in [-0.39, 0.29) is 31.5 Å². The third kappa shape index (κ3) is 55.5. The SMILES string of the molecule is CCCCCCCCCCCC/C=C/C(OC(=O)CCCCCCCCCCCCCCCCCCCCC)C(COP(=O)([O-])OCC[N+](C)(C)C)NC(=O)CCCCCCCCCCCCCCCCCCC. The summed E-state index contributed by atoms with van der Waals surface area (Å²) in [5, 5.41) is 3.04. The summed E-state index contributed by atoms with van der Waals surface area (Å²) >= 11 is 0. The number of carbonyl (C=O) groups is 2. The smallest absolute Gasteiger partial charge is 0.306 e. The topological polar surface area (TPSA) is 114 Å². The van der Waals surface area contributed by atoms with Gasteiger partial charge in [0.05, 0.1) is 33.8 Å². The van der Waals surface area contributed by atoms with E-state index >= 15 is 0 Å². The third-order valence-electron chi connectivity index (χ3n) is 15.0. The van der Waals surface area contributed by atoms with Crippen molar-refractivity contribution >= 4 is 19.7 Å². The first-order valence-corrected chi connectivity index (χ1v) is 34.0. The number of carbonyl (C=O) groups excluding carboxylic acids is 2. The number of quaternary nitrogens is 1. The molecule has 0 spiro atoms. The number of phosphoric acid groups is 1. The molecule has 0 saturated carbocycles. The number of nitrogens with one attached hydrogen (secondary N) is 1. The van der Waals surface area contributed by atoms with Crippen LogP contribution in [0.5, 0.6) is 0 Å². The molecule has 0 heterocycles. The fourth-order valence-electron chi connectivity index (χ4n) is 9.94. The Morgan fingerprint density at radius 2 is 0.770 bits per heavy atom. The first-order valence-electron chi connectivity index (χ1n) is 32.5. The van der Waals surface area contributed by atoms with Gasteiger partial charge in [-0.1, -0.05) is 303 Å². The Labute approximate surface area is 461 Å². The predicted octanol–water partition coefficient (Wildman–Crippen LogP) is 19.3. The maximum Gasteiger partial charge on any atom is 0.306 e. The molecule has 1 N–H and O–H groups in total. The Hall–Kier alpha value is -1.25. The van der Waals surface area contributed by atoms with Crippen LogP contribution in [-0.4, -0.2) is 69.4 Å². The number of hydrogen-bond donors (Lipinski definition) is 1. The van der Waals surface area contributed by atoms with Gasteiger partial charge in [0.1, 0.15) is 19.3 Å². The molecule has 0 aromatic heterocycles. The minimum Gasteiger partial charge on any atom is -0.756 e. The highest BCUT2D eigenvalue weighted by atomic mass is 31.2. The number of likely N-dealkylation sites (N-methyl/N-ethyl adjacent to an activating group) is 1. The van der Waals surface area contributed by atoms with Crippen molar-refractivity contribution in [2.45, 2.75) is 348 Å². The predicted molar refractivity (Wildman–Crippen MR) is 317 cm³/mol. The van der Waals surface area contributed by atoms with Gasteiger partial charge < -0.3 is 28.5 Å². The van der Waals surface area contributed by atoms with Crippen LogP contribution in [0.4, 0.5) is 0 Å². The zero-order chi connectivity index (χ0) is 54.3. The van der Waals surface area contributed by atoms with E-state index in [2.05, 4.69) is 26.1 Å². The lowest BCUT2D eigenvalue weighted by Crippen LogP contribution is -2.47. The molecule has 440 valence electrons. The van der Waals surface area contributed by atoms with Crippen LogP contribution in [-0.2, 0) is 27.9 Å². The Kier molecular flexibility index (Phi) is 54.1. The second kappa shape index (κ2) is 55.1. The van der Waals surface area contributed by atoms with Crippen molar-refractivity contribution in [3.05, 3.63) is 12.2 Å². The number of nitrogens with zero attached hydrogens (tertiary/aromatic N) is 1. The molecular weight excluding hydrogens is 940 g/mol. The van der Waals surface area contributed by atoms with Crippen LogP contribution < -0.4 is 10.2 Å². The van der Waals surface area contributed by atoms with E-state index in [9.17, 15) is 19.0 Å². The molecule has 0 aliphatic carbocycles. The van der Waals surface area contributed by atoms with E-state index in [1.807, 2.05) is 33.3 Å². The average molecular weight is 1070 g/mol. The van der Waals surface area contributed by atoms with Gasteiger partial charge in [-0.15, -0.1) is 0 Å². The highest BCUT2D eigenvalue weighted by molar-refractivity contribution is 7.45. The standard InChI is InChI=1S/C64H127N2O7P/c1-7-10-13-16-19-22-25-28-30-32-33-35-37-39-42-45-48-51-54-57-64(68)73-62(55-52-49-46-43-40-27-24-21-18-15-12-9-3)61(60-72-74(69,70)71-59-58-66(4,5)6)65-63(67)56-53-50-47-44-41-38-36-34-31-29-26-23-20-17-14-11-8-2/h52,55,61-62H,7-51,53-54,56-60H2,1-6H3,(H-,65,67,69,70)/b55-52+. The lowest BCUT2D eigenvalue weighted by atomic mass is 10.0. The van der Waals surface area contributed by atoms with E-state index < -0.39 is 20.0 Å². The maximum atomic E-state index is 13.5. The molecule has 3 unspecified atom stereocenters. The molecule has 0 radical (unpaired) electrons. The molecule has 9 nitrogen and oxygen atoms in total. The molecule has 0 aromatic rings. The highest BCUT2D eigenvalue weighted by Crippen LogP contribution is 2.38. The van der Waals surface area contributed by atoms with E-state index in [1.54, 1.807) is 0 Å². The molecule has 0 aliphatic heterocycles. The van der Waals surface area contributed by atoms with Crippen molar-refractivity contribution in [1.82, 2.24) is 5.32 Å². The minimum absolute atomic E-state index is 0.0166. The van der Waals surface area contributed by atoms with Crippen molar-refractivity contribution in [2.24, 2.45) is 0 Å². The molecular formula is C64H127N2O7P. The quantitative estimate of drug-likeness (QED) is 0.0212. The molecule has 0 saturated heterocycles. The highest BCUT2D eigenvalue weighted by Gasteiger charge is 2.27. The van der Waals surface area contributed by atoms with Crippen LogP contribution in [0, 0.1) is 0 Å². The minimum atomic E-state index is -4.69. The normalized spacial score (nSPS) is 13.7. The van der Waals surface area contributed by atoms with Crippen molar-refractivity contribution in [3.8, 4) is 0 Å². The summed E-state index contributed by atoms with van der Waals surface area (Å²) in [6, 6.07) is -0.879. The average Bonchev–Trinajstić information content (AvgIpc) is 3.36. The Balaban J connectivity index is 5.16. The lowest BCUT2D eigenvalue weighted by Gasteiger charge is -2.30. The van der Waals surface area contributed by atoms with Gasteiger partial charge in [-0.2, -0.15) is 0 Å². The van der Waals surface area contributed by atoms with Crippen molar-refractivity contribution in [1.29, 1.82) is 0 Å². The molecule has 74 heavy (non-hydrogen) atoms. The van der Waals surface area contributed by atoms with Gasteiger partial charge in [-0.3, -0.25) is 14.2 Å². The fraction of sp³-hybridized carbons (Fsp3) is 0.938. The van der Waals surface area contributed by atoms with Gasteiger partial charge in [-0.25, -0.2) is 0 Å². The molecule has 0 aliphatic rings. The van der Waals surface area contributed by atoms with Crippen molar-refractivity contribution in [2.75, 3.05) is 40.9 Å². The summed E-state index contributed by atoms with van der Waals surface area (Å²) in [4.78, 5) is 40.0. The molecule has 3 atom stereocenters. The van der Waals surface area contributed by atoms with Crippen LogP contribution in [0.3, 0.4) is 0 Å². The molecule has 0 fully saturated rings. The number of esters is 1. The van der Waals surface area contributed by atoms with Gasteiger partial charge in [0.15, 0.2) is 0 Å². The zero-order valence-electron chi connectivity index (χ0n) is 50.3. The fourth-order valence-corrected chi connectivity index (χ4v) is 10.7. The van der Waals surface area contributed by atoms with Crippen molar-refractivity contribution in [3.63, 3.8) is 0 Å². The number of ether oxygens (including phenoxy) is 1. The number of amides is 1. The van der Waals surface area contributed by atoms with Crippen LogP contribution in [0.25, 0.3) is 0 Å². The summed E-state index contributed by atoms with van der Waals surface area (Å²) in [6.45, 7) is 6.91. The second-order valence-electron chi connectivity index (χ2n) is 23.6. The van der Waals surface area contributed by atoms with Crippen LogP contribution >= 0.6 is 7.82 Å². The van der Waals surface area contributed by atoms with Crippen LogP contribution in [0.15, 0.2) is 12.2 Å². The lowest BCUT2D eigenvalue weighted by molar-refractivity contribution is -0.870. The van der Waals surface area contributed by atoms with Crippen LogP contribution in [0.2, 0.25) is 0 Å². The zero-order valence-corrected chi connectivity index (χ0v) is 51.2. The number of allylic oxidation sites excluding steroid dienone is 1. The Bertz CT molecular complexity index is 1270. The van der Waals surface area contributed by atoms with Crippen molar-refractivity contribution < 1.29 is 37.3 Å². The third-order valence-corrected chi connectivity index (χ3v) is 15.9. The van der Waals surface area contributed by atoms with E-state index in [0.29, 0.717) is 17.4 Å². The Morgan fingerprint density at radius 1 is 0.459 bits per heavy atom. The van der Waals surface area contributed by atoms with Gasteiger partial charge in [-0.05, 0) is 31.8 Å². The van der Waals surface area contributed by atoms with Gasteiger partial charge >= 0.3 is 5.97 Å². The first kappa shape index (κ1) is 72.8. The molecule has 10 heteroatoms. The van der Waals surface area contributed by atoms with Gasteiger partial charge in [0.25, 0.3) is 7.82 Å². The molecule has 0 rings (SSSR count). The van der Waals surface area contributed by atoms with E-state index in [0.717, 1.165) is 57.8 Å².